The van der Waals surface area contributed by atoms with Gasteiger partial charge < -0.3 is 15.2 Å². The molecule has 186 valence electrons. The van der Waals surface area contributed by atoms with Gasteiger partial charge in [0.15, 0.2) is 0 Å². The number of hydrogen-bond acceptors (Lipinski definition) is 7. The minimum absolute atomic E-state index is 0.00716. The first-order valence-corrected chi connectivity index (χ1v) is 12.6. The van der Waals surface area contributed by atoms with E-state index in [4.69, 9.17) is 4.74 Å². The fraction of sp³-hybridized carbons (Fsp3) is 0.385. The van der Waals surface area contributed by atoms with Gasteiger partial charge in [0.1, 0.15) is 18.8 Å². The van der Waals surface area contributed by atoms with Gasteiger partial charge in [-0.3, -0.25) is 24.1 Å². The topological polar surface area (TPSA) is 113 Å². The Morgan fingerprint density at radius 3 is 2.37 bits per heavy atom. The zero-order valence-corrected chi connectivity index (χ0v) is 20.7. The maximum absolute atomic E-state index is 12.3. The smallest absolute Gasteiger partial charge is 0.326 e. The summed E-state index contributed by atoms with van der Waals surface area (Å²) in [5.74, 6) is -0.836. The Bertz CT molecular complexity index is 1060. The zero-order chi connectivity index (χ0) is 25.4. The van der Waals surface area contributed by atoms with Gasteiger partial charge in [0.25, 0.3) is 0 Å². The lowest BCUT2D eigenvalue weighted by molar-refractivity contribution is -0.153. The second kappa shape index (κ2) is 12.0. The lowest BCUT2D eigenvalue weighted by atomic mass is 9.85. The monoisotopic (exact) mass is 498 g/mol. The Balaban J connectivity index is 1.64. The molecule has 2 aromatic rings. The van der Waals surface area contributed by atoms with E-state index in [2.05, 4.69) is 5.32 Å². The summed E-state index contributed by atoms with van der Waals surface area (Å²) in [5.41, 5.74) is 0.441. The summed E-state index contributed by atoms with van der Waals surface area (Å²) >= 11 is 1.39. The van der Waals surface area contributed by atoms with E-state index < -0.39 is 23.4 Å². The average Bonchev–Trinajstić information content (AvgIpc) is 3.14. The molecule has 2 atom stereocenters. The molecule has 1 fully saturated rings. The molecule has 9 heteroatoms. The van der Waals surface area contributed by atoms with Gasteiger partial charge in [0, 0.05) is 12.8 Å². The van der Waals surface area contributed by atoms with Crippen LogP contribution in [0.25, 0.3) is 0 Å². The first-order chi connectivity index (χ1) is 16.8. The molecule has 2 unspecified atom stereocenters. The Kier molecular flexibility index (Phi) is 9.06. The molecule has 8 nitrogen and oxygen atoms in total. The summed E-state index contributed by atoms with van der Waals surface area (Å²) < 4.78 is 5.27. The highest BCUT2D eigenvalue weighted by Crippen LogP contribution is 2.29. The van der Waals surface area contributed by atoms with Crippen LogP contribution >= 0.6 is 11.8 Å². The van der Waals surface area contributed by atoms with E-state index in [1.54, 1.807) is 43.3 Å². The third-order valence-corrected chi connectivity index (χ3v) is 6.91. The van der Waals surface area contributed by atoms with E-state index in [1.165, 1.54) is 11.8 Å². The molecule has 1 aliphatic heterocycles. The van der Waals surface area contributed by atoms with Crippen molar-refractivity contribution in [2.24, 2.45) is 0 Å². The van der Waals surface area contributed by atoms with Crippen molar-refractivity contribution >= 4 is 35.5 Å². The summed E-state index contributed by atoms with van der Waals surface area (Å²) in [6.07, 6.45) is 0.414. The molecule has 1 heterocycles. The van der Waals surface area contributed by atoms with Gasteiger partial charge in [-0.15, -0.1) is 11.8 Å². The summed E-state index contributed by atoms with van der Waals surface area (Å²) in [5, 5.41) is 13.8. The summed E-state index contributed by atoms with van der Waals surface area (Å²) in [7, 11) is 0. The third kappa shape index (κ3) is 6.49. The minimum Gasteiger partial charge on any atom is -0.459 e. The van der Waals surface area contributed by atoms with Gasteiger partial charge in [0.2, 0.25) is 17.7 Å². The number of carbonyl (C=O) groups is 4. The van der Waals surface area contributed by atoms with Crippen LogP contribution in [0.5, 0.6) is 0 Å². The van der Waals surface area contributed by atoms with Crippen molar-refractivity contribution in [3.8, 4) is 0 Å². The van der Waals surface area contributed by atoms with Gasteiger partial charge in [0.05, 0.1) is 11.8 Å². The number of amides is 3. The number of rotatable bonds is 11. The Morgan fingerprint density at radius 2 is 1.74 bits per heavy atom. The van der Waals surface area contributed by atoms with Crippen LogP contribution in [0.1, 0.15) is 43.4 Å². The first kappa shape index (κ1) is 26.4. The fourth-order valence-corrected chi connectivity index (χ4v) is 4.73. The number of nitrogens with zero attached hydrogens (tertiary/aromatic N) is 1. The van der Waals surface area contributed by atoms with E-state index in [0.717, 1.165) is 4.90 Å². The van der Waals surface area contributed by atoms with E-state index in [9.17, 15) is 24.3 Å². The minimum atomic E-state index is -1.44. The first-order valence-electron chi connectivity index (χ1n) is 11.5. The molecule has 0 saturated carbocycles. The van der Waals surface area contributed by atoms with E-state index >= 15 is 0 Å². The van der Waals surface area contributed by atoms with Gasteiger partial charge in [-0.1, -0.05) is 68.4 Å². The Hall–Kier alpha value is -3.17. The lowest BCUT2D eigenvalue weighted by Crippen LogP contribution is -2.41. The van der Waals surface area contributed by atoms with Crippen LogP contribution in [0.3, 0.4) is 0 Å². The predicted molar refractivity (Wildman–Crippen MR) is 132 cm³/mol. The molecule has 0 aromatic heterocycles. The van der Waals surface area contributed by atoms with Gasteiger partial charge in [-0.2, -0.15) is 0 Å². The van der Waals surface area contributed by atoms with Gasteiger partial charge >= 0.3 is 5.97 Å². The zero-order valence-electron chi connectivity index (χ0n) is 19.9. The van der Waals surface area contributed by atoms with Crippen molar-refractivity contribution in [1.29, 1.82) is 0 Å². The van der Waals surface area contributed by atoms with Gasteiger partial charge in [-0.25, -0.2) is 0 Å². The lowest BCUT2D eigenvalue weighted by Gasteiger charge is -2.30. The maximum Gasteiger partial charge on any atom is 0.326 e. The quantitative estimate of drug-likeness (QED) is 0.361. The number of esters is 1. The van der Waals surface area contributed by atoms with Crippen molar-refractivity contribution in [3.63, 3.8) is 0 Å². The molecular weight excluding hydrogens is 468 g/mol. The number of nitrogens with one attached hydrogen (secondary N) is 1. The highest BCUT2D eigenvalue weighted by atomic mass is 32.2. The summed E-state index contributed by atoms with van der Waals surface area (Å²) in [6, 6.07) is 15.9. The van der Waals surface area contributed by atoms with Crippen molar-refractivity contribution in [1.82, 2.24) is 10.2 Å². The van der Waals surface area contributed by atoms with Crippen LogP contribution in [0.2, 0.25) is 0 Å². The Morgan fingerprint density at radius 1 is 1.09 bits per heavy atom. The molecule has 0 aliphatic carbocycles. The molecule has 0 bridgehead atoms. The SMILES string of the molecule is CCSC1CC(=O)N(CC(=O)OCc2ccc(C(O)(CNC(=O)CC)c3ccccc3)cc2)C1=O. The standard InChI is InChI=1S/C26H30N2O6S/c1-3-22(29)27-17-26(33,19-8-6-5-7-9-19)20-12-10-18(11-13-20)16-34-24(31)15-28-23(30)14-21(25(28)32)35-4-2/h5-13,21,33H,3-4,14-17H2,1-2H3,(H,27,29). The van der Waals surface area contributed by atoms with Crippen molar-refractivity contribution < 1.29 is 29.0 Å². The van der Waals surface area contributed by atoms with Crippen LogP contribution in [0.4, 0.5) is 0 Å². The van der Waals surface area contributed by atoms with E-state index in [1.807, 2.05) is 25.1 Å². The number of likely N-dealkylation sites (tertiary alicyclic amines) is 1. The normalized spacial score (nSPS) is 17.2. The van der Waals surface area contributed by atoms with E-state index in [-0.39, 0.29) is 37.3 Å². The number of aliphatic hydroxyl groups is 1. The van der Waals surface area contributed by atoms with E-state index in [0.29, 0.717) is 28.9 Å². The van der Waals surface area contributed by atoms with Crippen LogP contribution in [0.15, 0.2) is 54.6 Å². The molecular formula is C26H30N2O6S. The van der Waals surface area contributed by atoms with Crippen LogP contribution in [0, 0.1) is 0 Å². The molecule has 1 aliphatic rings. The van der Waals surface area contributed by atoms with Crippen LogP contribution < -0.4 is 5.32 Å². The summed E-state index contributed by atoms with van der Waals surface area (Å²) in [4.78, 5) is 49.4. The molecule has 3 amide bonds. The molecule has 35 heavy (non-hydrogen) atoms. The Labute approximate surface area is 209 Å². The summed E-state index contributed by atoms with van der Waals surface area (Å²) in [6.45, 7) is 3.21. The van der Waals surface area contributed by atoms with Crippen molar-refractivity contribution in [2.75, 3.05) is 18.8 Å². The highest BCUT2D eigenvalue weighted by Gasteiger charge is 2.39. The molecule has 1 saturated heterocycles. The van der Waals surface area contributed by atoms with Crippen LogP contribution in [-0.4, -0.2) is 57.8 Å². The fourth-order valence-electron chi connectivity index (χ4n) is 3.80. The number of imide groups is 1. The number of thioether (sulfide) groups is 1. The molecule has 2 aromatic carbocycles. The van der Waals surface area contributed by atoms with Crippen molar-refractivity contribution in [3.05, 3.63) is 71.3 Å². The number of carbonyl (C=O) groups excluding carboxylic acids is 4. The molecule has 0 spiro atoms. The number of hydrogen-bond donors (Lipinski definition) is 2. The average molecular weight is 499 g/mol. The largest absolute Gasteiger partial charge is 0.459 e. The number of benzene rings is 2. The molecule has 2 N–H and O–H groups in total. The predicted octanol–water partition coefficient (Wildman–Crippen LogP) is 2.37. The second-order valence-electron chi connectivity index (χ2n) is 8.18. The van der Waals surface area contributed by atoms with Crippen molar-refractivity contribution in [2.45, 2.75) is 44.1 Å². The number of ether oxygens (including phenoxy) is 1. The maximum atomic E-state index is 12.3. The second-order valence-corrected chi connectivity index (χ2v) is 9.66. The highest BCUT2D eigenvalue weighted by molar-refractivity contribution is 8.00. The molecule has 0 radical (unpaired) electrons. The van der Waals surface area contributed by atoms with Crippen LogP contribution in [-0.2, 0) is 36.1 Å². The van der Waals surface area contributed by atoms with Gasteiger partial charge in [-0.05, 0) is 22.4 Å². The molecule has 3 rings (SSSR count). The third-order valence-electron chi connectivity index (χ3n) is 5.80.